The summed E-state index contributed by atoms with van der Waals surface area (Å²) in [6.45, 7) is 2.29. The minimum absolute atomic E-state index is 0.219. The fraction of sp³-hybridized carbons (Fsp3) is 0.625. The highest BCUT2D eigenvalue weighted by Crippen LogP contribution is 2.23. The van der Waals surface area contributed by atoms with Crippen molar-refractivity contribution in [2.45, 2.75) is 44.4 Å². The molecule has 1 aliphatic heterocycles. The highest BCUT2D eigenvalue weighted by molar-refractivity contribution is 6.30. The van der Waals surface area contributed by atoms with Gasteiger partial charge in [0.05, 0.1) is 6.54 Å². The third kappa shape index (κ3) is 5.45. The van der Waals surface area contributed by atoms with Gasteiger partial charge in [0.15, 0.2) is 0 Å². The Balaban J connectivity index is 1.85. The Hall–Kier alpha value is -0.780. The average molecular weight is 335 g/mol. The van der Waals surface area contributed by atoms with Gasteiger partial charge in [-0.05, 0) is 50.0 Å². The van der Waals surface area contributed by atoms with Crippen molar-refractivity contribution in [3.05, 3.63) is 34.9 Å². The molecule has 0 radical (unpaired) electrons. The summed E-state index contributed by atoms with van der Waals surface area (Å²) < 4.78 is 37.2. The fourth-order valence-electron chi connectivity index (χ4n) is 2.94. The number of nitrogens with zero attached hydrogens (tertiary/aromatic N) is 1. The summed E-state index contributed by atoms with van der Waals surface area (Å²) in [5.74, 6) is 0. The molecule has 1 aromatic carbocycles. The molecule has 1 unspecified atom stereocenters. The standard InChI is InChI=1S/C16H22ClF3N2/c1-2-15(12-3-5-13(17)6-4-12)21-14-7-9-22(10-8-14)11-16(18,19)20/h3-6,14-15,21H,2,7-11H2,1H3. The molecule has 1 heterocycles. The first-order chi connectivity index (χ1) is 10.4. The SMILES string of the molecule is CCC(NC1CCN(CC(F)(F)F)CC1)c1ccc(Cl)cc1. The molecular formula is C16H22ClF3N2. The summed E-state index contributed by atoms with van der Waals surface area (Å²) in [5.41, 5.74) is 1.17. The predicted octanol–water partition coefficient (Wildman–Crippen LogP) is 4.41. The molecular weight excluding hydrogens is 313 g/mol. The van der Waals surface area contributed by atoms with Gasteiger partial charge < -0.3 is 5.32 Å². The summed E-state index contributed by atoms with van der Waals surface area (Å²) in [4.78, 5) is 1.49. The third-order valence-corrected chi connectivity index (χ3v) is 4.36. The number of hydrogen-bond acceptors (Lipinski definition) is 2. The normalized spacial score (nSPS) is 19.3. The topological polar surface area (TPSA) is 15.3 Å². The molecule has 2 rings (SSSR count). The van der Waals surface area contributed by atoms with Crippen molar-refractivity contribution in [3.63, 3.8) is 0 Å². The second-order valence-corrected chi connectivity index (χ2v) is 6.28. The van der Waals surface area contributed by atoms with Gasteiger partial charge in [0.2, 0.25) is 0 Å². The number of hydrogen-bond donors (Lipinski definition) is 1. The number of piperidine rings is 1. The Morgan fingerprint density at radius 1 is 1.23 bits per heavy atom. The maximum Gasteiger partial charge on any atom is 0.401 e. The van der Waals surface area contributed by atoms with E-state index in [1.54, 1.807) is 0 Å². The van der Waals surface area contributed by atoms with Crippen LogP contribution in [0.4, 0.5) is 13.2 Å². The van der Waals surface area contributed by atoms with Crippen LogP contribution in [0.1, 0.15) is 37.8 Å². The Bertz CT molecular complexity index is 453. The molecule has 1 atom stereocenters. The van der Waals surface area contributed by atoms with E-state index in [0.29, 0.717) is 18.1 Å². The first kappa shape index (κ1) is 17.6. The number of nitrogens with one attached hydrogen (secondary N) is 1. The van der Waals surface area contributed by atoms with E-state index in [4.69, 9.17) is 11.6 Å². The lowest BCUT2D eigenvalue weighted by Crippen LogP contribution is -2.46. The molecule has 2 nitrogen and oxygen atoms in total. The van der Waals surface area contributed by atoms with Crippen LogP contribution in [0.5, 0.6) is 0 Å². The molecule has 0 aromatic heterocycles. The van der Waals surface area contributed by atoms with Crippen molar-refractivity contribution in [2.24, 2.45) is 0 Å². The second kappa shape index (κ2) is 7.66. The lowest BCUT2D eigenvalue weighted by molar-refractivity contribution is -0.148. The lowest BCUT2D eigenvalue weighted by Gasteiger charge is -2.34. The molecule has 1 N–H and O–H groups in total. The summed E-state index contributed by atoms with van der Waals surface area (Å²) >= 11 is 5.90. The van der Waals surface area contributed by atoms with E-state index in [9.17, 15) is 13.2 Å². The zero-order valence-corrected chi connectivity index (χ0v) is 13.4. The molecule has 6 heteroatoms. The van der Waals surface area contributed by atoms with E-state index >= 15 is 0 Å². The van der Waals surface area contributed by atoms with Crippen LogP contribution in [0.2, 0.25) is 5.02 Å². The first-order valence-electron chi connectivity index (χ1n) is 7.68. The molecule has 1 aromatic rings. The van der Waals surface area contributed by atoms with E-state index in [-0.39, 0.29) is 12.1 Å². The number of rotatable bonds is 5. The van der Waals surface area contributed by atoms with Crippen molar-refractivity contribution in [2.75, 3.05) is 19.6 Å². The highest BCUT2D eigenvalue weighted by atomic mass is 35.5. The van der Waals surface area contributed by atoms with Crippen molar-refractivity contribution < 1.29 is 13.2 Å². The molecule has 124 valence electrons. The van der Waals surface area contributed by atoms with E-state index in [1.807, 2.05) is 24.3 Å². The largest absolute Gasteiger partial charge is 0.401 e. The van der Waals surface area contributed by atoms with Crippen molar-refractivity contribution in [1.29, 1.82) is 0 Å². The molecule has 22 heavy (non-hydrogen) atoms. The monoisotopic (exact) mass is 334 g/mol. The van der Waals surface area contributed by atoms with Crippen molar-refractivity contribution >= 4 is 11.6 Å². The smallest absolute Gasteiger partial charge is 0.307 e. The number of alkyl halides is 3. The van der Waals surface area contributed by atoms with Crippen molar-refractivity contribution in [3.8, 4) is 0 Å². The Morgan fingerprint density at radius 2 is 1.82 bits per heavy atom. The van der Waals surface area contributed by atoms with Crippen LogP contribution in [-0.2, 0) is 0 Å². The van der Waals surface area contributed by atoms with E-state index < -0.39 is 12.7 Å². The molecule has 1 saturated heterocycles. The van der Waals surface area contributed by atoms with Gasteiger partial charge >= 0.3 is 6.18 Å². The minimum Gasteiger partial charge on any atom is -0.307 e. The lowest BCUT2D eigenvalue weighted by atomic mass is 9.99. The van der Waals surface area contributed by atoms with E-state index in [2.05, 4.69) is 12.2 Å². The molecule has 0 amide bonds. The van der Waals surface area contributed by atoms with E-state index in [1.165, 1.54) is 10.5 Å². The van der Waals surface area contributed by atoms with Gasteiger partial charge in [0.1, 0.15) is 0 Å². The quantitative estimate of drug-likeness (QED) is 0.858. The van der Waals surface area contributed by atoms with Crippen molar-refractivity contribution in [1.82, 2.24) is 10.2 Å². The molecule has 1 fully saturated rings. The highest BCUT2D eigenvalue weighted by Gasteiger charge is 2.32. The first-order valence-corrected chi connectivity index (χ1v) is 8.06. The van der Waals surface area contributed by atoms with Gasteiger partial charge in [-0.3, -0.25) is 4.90 Å². The molecule has 0 saturated carbocycles. The predicted molar refractivity (Wildman–Crippen MR) is 83.1 cm³/mol. The van der Waals surface area contributed by atoms with Gasteiger partial charge in [0, 0.05) is 17.1 Å². The molecule has 0 aliphatic carbocycles. The zero-order chi connectivity index (χ0) is 16.2. The molecule has 0 bridgehead atoms. The number of benzene rings is 1. The van der Waals surface area contributed by atoms with Gasteiger partial charge in [-0.2, -0.15) is 13.2 Å². The summed E-state index contributed by atoms with van der Waals surface area (Å²) in [5, 5.41) is 4.28. The van der Waals surface area contributed by atoms with E-state index in [0.717, 1.165) is 19.3 Å². The number of likely N-dealkylation sites (tertiary alicyclic amines) is 1. The summed E-state index contributed by atoms with van der Waals surface area (Å²) in [6, 6.07) is 8.23. The second-order valence-electron chi connectivity index (χ2n) is 5.84. The maximum atomic E-state index is 12.4. The van der Waals surface area contributed by atoms with Crippen LogP contribution in [0, 0.1) is 0 Å². The van der Waals surface area contributed by atoms with Gasteiger partial charge in [-0.25, -0.2) is 0 Å². The third-order valence-electron chi connectivity index (χ3n) is 4.11. The molecule has 1 aliphatic rings. The average Bonchev–Trinajstić information content (AvgIpc) is 2.46. The minimum atomic E-state index is -4.10. The van der Waals surface area contributed by atoms with Crippen LogP contribution < -0.4 is 5.32 Å². The maximum absolute atomic E-state index is 12.4. The van der Waals surface area contributed by atoms with Crippen LogP contribution in [0.25, 0.3) is 0 Å². The van der Waals surface area contributed by atoms with Gasteiger partial charge in [-0.1, -0.05) is 30.7 Å². The number of halogens is 4. The van der Waals surface area contributed by atoms with Crippen LogP contribution >= 0.6 is 11.6 Å². The zero-order valence-electron chi connectivity index (χ0n) is 12.7. The Labute approximate surface area is 134 Å². The summed E-state index contributed by atoms with van der Waals surface area (Å²) in [6.07, 6.45) is -1.67. The van der Waals surface area contributed by atoms with Crippen LogP contribution in [-0.4, -0.2) is 36.8 Å². The van der Waals surface area contributed by atoms with Crippen LogP contribution in [0.15, 0.2) is 24.3 Å². The fourth-order valence-corrected chi connectivity index (χ4v) is 3.07. The van der Waals surface area contributed by atoms with Crippen LogP contribution in [0.3, 0.4) is 0 Å². The summed E-state index contributed by atoms with van der Waals surface area (Å²) in [7, 11) is 0. The van der Waals surface area contributed by atoms with Gasteiger partial charge in [0.25, 0.3) is 0 Å². The molecule has 0 spiro atoms. The Kier molecular flexibility index (Phi) is 6.12. The van der Waals surface area contributed by atoms with Gasteiger partial charge in [-0.15, -0.1) is 0 Å². The Morgan fingerprint density at radius 3 is 2.32 bits per heavy atom.